The maximum absolute atomic E-state index is 13.0. The first-order valence-electron chi connectivity index (χ1n) is 9.14. The monoisotopic (exact) mass is 441 g/mol. The Hall–Kier alpha value is -3.72. The van der Waals surface area contributed by atoms with E-state index in [1.54, 1.807) is 18.2 Å². The fraction of sp³-hybridized carbons (Fsp3) is 0.0909. The number of hydrogen-bond acceptors (Lipinski definition) is 7. The van der Waals surface area contributed by atoms with E-state index in [0.29, 0.717) is 11.3 Å². The van der Waals surface area contributed by atoms with Gasteiger partial charge in [-0.15, -0.1) is 0 Å². The van der Waals surface area contributed by atoms with Crippen molar-refractivity contribution in [1.82, 2.24) is 4.98 Å². The zero-order valence-electron chi connectivity index (χ0n) is 16.0. The number of aromatic nitrogens is 1. The number of nitrogens with zero attached hydrogens (tertiary/aromatic N) is 1. The van der Waals surface area contributed by atoms with Gasteiger partial charge in [-0.1, -0.05) is 18.2 Å². The summed E-state index contributed by atoms with van der Waals surface area (Å²) in [6.45, 7) is -0.286. The van der Waals surface area contributed by atoms with Crippen LogP contribution >= 0.6 is 0 Å². The van der Waals surface area contributed by atoms with E-state index in [1.165, 1.54) is 54.9 Å². The van der Waals surface area contributed by atoms with Gasteiger partial charge in [0.1, 0.15) is 5.82 Å². The van der Waals surface area contributed by atoms with Gasteiger partial charge in [-0.25, -0.2) is 22.6 Å². The Morgan fingerprint density at radius 2 is 1.77 bits per heavy atom. The van der Waals surface area contributed by atoms with E-state index in [-0.39, 0.29) is 34.5 Å². The molecule has 0 bridgehead atoms. The van der Waals surface area contributed by atoms with Crippen LogP contribution in [0.25, 0.3) is 11.3 Å². The van der Waals surface area contributed by atoms with E-state index in [2.05, 4.69) is 4.98 Å². The van der Waals surface area contributed by atoms with E-state index in [0.717, 1.165) is 0 Å². The average molecular weight is 441 g/mol. The Balaban J connectivity index is 1.43. The lowest BCUT2D eigenvalue weighted by molar-refractivity contribution is 0.0401. The van der Waals surface area contributed by atoms with Crippen LogP contribution in [0.3, 0.4) is 0 Å². The number of ether oxygens (including phenoxy) is 1. The second kappa shape index (κ2) is 8.57. The lowest BCUT2D eigenvalue weighted by Crippen LogP contribution is -2.10. The number of furan rings is 1. The molecule has 7 nitrogen and oxygen atoms in total. The number of sulfone groups is 1. The molecule has 0 saturated carbocycles. The second-order valence-electron chi connectivity index (χ2n) is 6.55. The highest BCUT2D eigenvalue weighted by Gasteiger charge is 2.24. The molecule has 4 rings (SSSR count). The Labute approximate surface area is 177 Å². The van der Waals surface area contributed by atoms with Gasteiger partial charge in [0.25, 0.3) is 0 Å². The topological polar surface area (TPSA) is 99.6 Å². The Kier molecular flexibility index (Phi) is 5.68. The van der Waals surface area contributed by atoms with Gasteiger partial charge in [0.15, 0.2) is 22.2 Å². The average Bonchev–Trinajstić information content (AvgIpc) is 3.43. The van der Waals surface area contributed by atoms with Crippen molar-refractivity contribution < 1.29 is 31.2 Å². The summed E-state index contributed by atoms with van der Waals surface area (Å²) in [5, 5.41) is 0. The standard InChI is InChI=1S/C22H16FNO6S/c23-17-8-6-15(7-9-17)19-12-24-20(30-19)13-29-22(25)21-16(10-11-28-21)14-31(26,27)18-4-2-1-3-5-18/h1-12H,13-14H2. The fourth-order valence-electron chi connectivity index (χ4n) is 2.86. The van der Waals surface area contributed by atoms with Gasteiger partial charge in [0.2, 0.25) is 11.7 Å². The van der Waals surface area contributed by atoms with E-state index in [1.807, 2.05) is 0 Å². The maximum Gasteiger partial charge on any atom is 0.375 e. The molecule has 0 fully saturated rings. The minimum Gasteiger partial charge on any atom is -0.457 e. The molecular weight excluding hydrogens is 425 g/mol. The van der Waals surface area contributed by atoms with Crippen molar-refractivity contribution in [2.75, 3.05) is 0 Å². The van der Waals surface area contributed by atoms with Crippen molar-refractivity contribution in [1.29, 1.82) is 0 Å². The van der Waals surface area contributed by atoms with Gasteiger partial charge in [0, 0.05) is 11.1 Å². The van der Waals surface area contributed by atoms with Gasteiger partial charge in [-0.05, 0) is 42.5 Å². The summed E-state index contributed by atoms with van der Waals surface area (Å²) in [6.07, 6.45) is 2.66. The van der Waals surface area contributed by atoms with Crippen molar-refractivity contribution in [3.8, 4) is 11.3 Å². The van der Waals surface area contributed by atoms with Crippen LogP contribution in [0.5, 0.6) is 0 Å². The molecule has 158 valence electrons. The highest BCUT2D eigenvalue weighted by molar-refractivity contribution is 7.90. The molecule has 9 heteroatoms. The number of hydrogen-bond donors (Lipinski definition) is 0. The smallest absolute Gasteiger partial charge is 0.375 e. The number of benzene rings is 2. The minimum atomic E-state index is -3.66. The van der Waals surface area contributed by atoms with E-state index in [4.69, 9.17) is 13.6 Å². The van der Waals surface area contributed by atoms with Gasteiger partial charge in [0.05, 0.1) is 23.1 Å². The molecule has 31 heavy (non-hydrogen) atoms. The van der Waals surface area contributed by atoms with Crippen molar-refractivity contribution in [3.63, 3.8) is 0 Å². The first-order valence-corrected chi connectivity index (χ1v) is 10.8. The molecule has 0 aliphatic rings. The summed E-state index contributed by atoms with van der Waals surface area (Å²) in [6, 6.07) is 15.0. The van der Waals surface area contributed by atoms with Gasteiger partial charge in [-0.2, -0.15) is 0 Å². The van der Waals surface area contributed by atoms with Crippen LogP contribution in [0.4, 0.5) is 4.39 Å². The predicted octanol–water partition coefficient (Wildman–Crippen LogP) is 4.40. The van der Waals surface area contributed by atoms with Gasteiger partial charge >= 0.3 is 5.97 Å². The number of esters is 1. The number of carbonyl (C=O) groups excluding carboxylic acids is 1. The quantitative estimate of drug-likeness (QED) is 0.392. The summed E-state index contributed by atoms with van der Waals surface area (Å²) >= 11 is 0. The Morgan fingerprint density at radius 3 is 2.52 bits per heavy atom. The first-order chi connectivity index (χ1) is 14.9. The van der Waals surface area contributed by atoms with Crippen LogP contribution in [0.1, 0.15) is 22.0 Å². The zero-order chi connectivity index (χ0) is 21.8. The third-order valence-corrected chi connectivity index (χ3v) is 6.07. The van der Waals surface area contributed by atoms with Gasteiger partial charge < -0.3 is 13.6 Å². The summed E-state index contributed by atoms with van der Waals surface area (Å²) < 4.78 is 54.0. The normalized spacial score (nSPS) is 11.4. The summed E-state index contributed by atoms with van der Waals surface area (Å²) in [5.41, 5.74) is 0.805. The number of oxazole rings is 1. The molecule has 0 saturated heterocycles. The molecule has 0 aliphatic heterocycles. The molecule has 2 aromatic carbocycles. The fourth-order valence-corrected chi connectivity index (χ4v) is 4.24. The van der Waals surface area contributed by atoms with Crippen LogP contribution in [0, 0.1) is 5.82 Å². The molecule has 0 N–H and O–H groups in total. The third kappa shape index (κ3) is 4.72. The summed E-state index contributed by atoms with van der Waals surface area (Å²) in [5.74, 6) is -1.32. The van der Waals surface area contributed by atoms with Crippen molar-refractivity contribution in [3.05, 3.63) is 96.2 Å². The zero-order valence-corrected chi connectivity index (χ0v) is 16.8. The SMILES string of the molecule is O=C(OCc1ncc(-c2ccc(F)cc2)o1)c1occc1CS(=O)(=O)c1ccccc1. The number of rotatable bonds is 7. The summed E-state index contributed by atoms with van der Waals surface area (Å²) in [7, 11) is -3.66. The van der Waals surface area contributed by atoms with E-state index < -0.39 is 21.6 Å². The minimum absolute atomic E-state index is 0.123. The van der Waals surface area contributed by atoms with Gasteiger partial charge in [-0.3, -0.25) is 0 Å². The molecule has 0 amide bonds. The first kappa shape index (κ1) is 20.5. The molecule has 0 radical (unpaired) electrons. The molecule has 0 atom stereocenters. The largest absolute Gasteiger partial charge is 0.457 e. The molecule has 2 heterocycles. The van der Waals surface area contributed by atoms with Crippen molar-refractivity contribution in [2.24, 2.45) is 0 Å². The highest BCUT2D eigenvalue weighted by atomic mass is 32.2. The maximum atomic E-state index is 13.0. The molecular formula is C22H16FNO6S. The number of halogens is 1. The third-order valence-electron chi connectivity index (χ3n) is 4.39. The molecule has 0 unspecified atom stereocenters. The second-order valence-corrected chi connectivity index (χ2v) is 8.54. The van der Waals surface area contributed by atoms with Crippen LogP contribution in [-0.2, 0) is 26.9 Å². The highest BCUT2D eigenvalue weighted by Crippen LogP contribution is 2.23. The Morgan fingerprint density at radius 1 is 1.03 bits per heavy atom. The van der Waals surface area contributed by atoms with E-state index in [9.17, 15) is 17.6 Å². The summed E-state index contributed by atoms with van der Waals surface area (Å²) in [4.78, 5) is 16.6. The lowest BCUT2D eigenvalue weighted by Gasteiger charge is -2.05. The van der Waals surface area contributed by atoms with Crippen LogP contribution in [-0.4, -0.2) is 19.4 Å². The van der Waals surface area contributed by atoms with Crippen molar-refractivity contribution >= 4 is 15.8 Å². The van der Waals surface area contributed by atoms with Crippen LogP contribution < -0.4 is 0 Å². The molecule has 0 aliphatic carbocycles. The lowest BCUT2D eigenvalue weighted by atomic mass is 10.2. The van der Waals surface area contributed by atoms with Crippen LogP contribution in [0.2, 0.25) is 0 Å². The van der Waals surface area contributed by atoms with Crippen molar-refractivity contribution in [2.45, 2.75) is 17.3 Å². The van der Waals surface area contributed by atoms with E-state index >= 15 is 0 Å². The Bertz CT molecular complexity index is 1290. The molecule has 2 aromatic heterocycles. The molecule has 4 aromatic rings. The molecule has 0 spiro atoms. The number of carbonyl (C=O) groups is 1. The van der Waals surface area contributed by atoms with Crippen LogP contribution in [0.15, 0.2) is 86.9 Å². The predicted molar refractivity (Wildman–Crippen MR) is 107 cm³/mol.